The summed E-state index contributed by atoms with van der Waals surface area (Å²) in [5, 5.41) is 0. The Morgan fingerprint density at radius 3 is 2.24 bits per heavy atom. The van der Waals surface area contributed by atoms with Crippen LogP contribution in [-0.2, 0) is 0 Å². The lowest BCUT2D eigenvalue weighted by atomic mass is 9.57. The highest BCUT2D eigenvalue weighted by atomic mass is 15.2. The van der Waals surface area contributed by atoms with Gasteiger partial charge in [-0.2, -0.15) is 0 Å². The summed E-state index contributed by atoms with van der Waals surface area (Å²) in [7, 11) is 1.43. The Bertz CT molecular complexity index is 399. The third-order valence-electron chi connectivity index (χ3n) is 8.74. The van der Waals surface area contributed by atoms with Crippen molar-refractivity contribution >= 4 is 7.28 Å². The molecule has 1 saturated heterocycles. The Hall–Kier alpha value is 0.0249. The number of hydrogen-bond acceptors (Lipinski definition) is 1. The van der Waals surface area contributed by atoms with Crippen molar-refractivity contribution in [3.63, 3.8) is 0 Å². The molecule has 4 rings (SSSR count). The summed E-state index contributed by atoms with van der Waals surface area (Å²) in [6, 6.07) is 1.93. The van der Waals surface area contributed by atoms with Crippen molar-refractivity contribution in [2.45, 2.75) is 121 Å². The van der Waals surface area contributed by atoms with E-state index in [1.54, 1.807) is 32.1 Å². The van der Waals surface area contributed by atoms with Crippen LogP contribution in [0.4, 0.5) is 0 Å². The first-order chi connectivity index (χ1) is 12.3. The predicted octanol–water partition coefficient (Wildman–Crippen LogP) is 6.05. The van der Waals surface area contributed by atoms with Crippen molar-refractivity contribution in [3.8, 4) is 0 Å². The maximum Gasteiger partial charge on any atom is 0.121 e. The zero-order valence-electron chi connectivity index (χ0n) is 16.9. The van der Waals surface area contributed by atoms with Crippen LogP contribution in [0, 0.1) is 17.8 Å². The SMILES string of the molecule is CBC1CCC2C(C1)C(CCC1CCCCC1)CN2C1CCCCC1. The van der Waals surface area contributed by atoms with Gasteiger partial charge in [-0.15, -0.1) is 0 Å². The van der Waals surface area contributed by atoms with Gasteiger partial charge in [0.2, 0.25) is 0 Å². The number of likely N-dealkylation sites (tertiary alicyclic amines) is 1. The number of nitrogens with zero attached hydrogens (tertiary/aromatic N) is 1. The van der Waals surface area contributed by atoms with Gasteiger partial charge in [-0.3, -0.25) is 4.90 Å². The number of fused-ring (bicyclic) bond motifs is 1. The molecule has 1 heterocycles. The van der Waals surface area contributed by atoms with Gasteiger partial charge in [-0.05, 0) is 43.4 Å². The molecule has 0 radical (unpaired) electrons. The summed E-state index contributed by atoms with van der Waals surface area (Å²) >= 11 is 0. The normalized spacial score (nSPS) is 38.6. The molecule has 0 aromatic carbocycles. The Labute approximate surface area is 157 Å². The Morgan fingerprint density at radius 1 is 0.800 bits per heavy atom. The number of rotatable bonds is 5. The standard InChI is InChI=1S/C23H42BN/c1-24-20-14-15-23-22(16-20)19(13-12-18-8-4-2-5-9-18)17-25(23)21-10-6-3-7-11-21/h18-24H,2-17H2,1H3. The Kier molecular flexibility index (Phi) is 6.48. The van der Waals surface area contributed by atoms with Crippen LogP contribution < -0.4 is 0 Å². The molecule has 0 aromatic heterocycles. The van der Waals surface area contributed by atoms with Crippen LogP contribution in [0.5, 0.6) is 0 Å². The fraction of sp³-hybridized carbons (Fsp3) is 1.00. The van der Waals surface area contributed by atoms with Crippen molar-refractivity contribution in [3.05, 3.63) is 0 Å². The van der Waals surface area contributed by atoms with Crippen molar-refractivity contribution < 1.29 is 0 Å². The van der Waals surface area contributed by atoms with Gasteiger partial charge >= 0.3 is 0 Å². The van der Waals surface area contributed by atoms with Gasteiger partial charge in [0.05, 0.1) is 0 Å². The van der Waals surface area contributed by atoms with E-state index in [0.29, 0.717) is 0 Å². The van der Waals surface area contributed by atoms with Crippen LogP contribution in [0.2, 0.25) is 12.6 Å². The van der Waals surface area contributed by atoms with E-state index in [4.69, 9.17) is 0 Å². The fourth-order valence-corrected chi connectivity index (χ4v) is 7.17. The molecule has 4 aliphatic rings. The summed E-state index contributed by atoms with van der Waals surface area (Å²) in [5.41, 5.74) is 0. The van der Waals surface area contributed by atoms with Gasteiger partial charge in [-0.25, -0.2) is 0 Å². The molecule has 2 heteroatoms. The highest BCUT2D eigenvalue weighted by Crippen LogP contribution is 2.48. The van der Waals surface area contributed by atoms with Crippen molar-refractivity contribution in [2.24, 2.45) is 17.8 Å². The summed E-state index contributed by atoms with van der Waals surface area (Å²) in [6.07, 6.45) is 22.9. The van der Waals surface area contributed by atoms with Crippen LogP contribution in [-0.4, -0.2) is 30.8 Å². The lowest BCUT2D eigenvalue weighted by Crippen LogP contribution is -2.43. The minimum Gasteiger partial charge on any atom is -0.297 e. The maximum atomic E-state index is 3.07. The first-order valence-electron chi connectivity index (χ1n) is 12.1. The quantitative estimate of drug-likeness (QED) is 0.549. The van der Waals surface area contributed by atoms with Crippen molar-refractivity contribution in [1.29, 1.82) is 0 Å². The molecule has 4 atom stereocenters. The molecule has 1 aliphatic heterocycles. The minimum absolute atomic E-state index is 0.958. The van der Waals surface area contributed by atoms with Gasteiger partial charge in [0.1, 0.15) is 7.28 Å². The predicted molar refractivity (Wildman–Crippen MR) is 111 cm³/mol. The molecule has 3 saturated carbocycles. The average Bonchev–Trinajstić information content (AvgIpc) is 3.05. The average molecular weight is 343 g/mol. The van der Waals surface area contributed by atoms with Crippen LogP contribution in [0.25, 0.3) is 0 Å². The fourth-order valence-electron chi connectivity index (χ4n) is 7.17. The first kappa shape index (κ1) is 18.4. The van der Waals surface area contributed by atoms with E-state index in [0.717, 1.165) is 35.7 Å². The molecule has 4 fully saturated rings. The lowest BCUT2D eigenvalue weighted by Gasteiger charge is -2.40. The molecule has 3 aliphatic carbocycles. The van der Waals surface area contributed by atoms with E-state index in [-0.39, 0.29) is 0 Å². The highest BCUT2D eigenvalue weighted by molar-refractivity contribution is 6.35. The first-order valence-corrected chi connectivity index (χ1v) is 12.1. The molecule has 0 bridgehead atoms. The summed E-state index contributed by atoms with van der Waals surface area (Å²) in [4.78, 5) is 3.07. The topological polar surface area (TPSA) is 3.24 Å². The third kappa shape index (κ3) is 4.31. The second-order valence-electron chi connectivity index (χ2n) is 10.1. The smallest absolute Gasteiger partial charge is 0.121 e. The molecule has 25 heavy (non-hydrogen) atoms. The lowest BCUT2D eigenvalue weighted by molar-refractivity contribution is 0.107. The summed E-state index contributed by atoms with van der Waals surface area (Å²) in [5.74, 6) is 4.23. The molecule has 1 nitrogen and oxygen atoms in total. The molecular weight excluding hydrogens is 301 g/mol. The Balaban J connectivity index is 1.39. The van der Waals surface area contributed by atoms with Gasteiger partial charge < -0.3 is 0 Å². The number of hydrogen-bond donors (Lipinski definition) is 0. The molecule has 0 spiro atoms. The zero-order valence-corrected chi connectivity index (χ0v) is 16.9. The van der Waals surface area contributed by atoms with Crippen molar-refractivity contribution in [2.75, 3.05) is 6.54 Å². The maximum absolute atomic E-state index is 3.07. The summed E-state index contributed by atoms with van der Waals surface area (Å²) in [6.45, 7) is 3.92. The van der Waals surface area contributed by atoms with E-state index in [2.05, 4.69) is 11.7 Å². The second kappa shape index (κ2) is 8.81. The van der Waals surface area contributed by atoms with E-state index < -0.39 is 0 Å². The monoisotopic (exact) mass is 343 g/mol. The molecule has 142 valence electrons. The highest BCUT2D eigenvalue weighted by Gasteiger charge is 2.46. The molecule has 4 unspecified atom stereocenters. The summed E-state index contributed by atoms with van der Waals surface area (Å²) < 4.78 is 0. The van der Waals surface area contributed by atoms with Crippen LogP contribution >= 0.6 is 0 Å². The van der Waals surface area contributed by atoms with Gasteiger partial charge in [0.15, 0.2) is 0 Å². The molecule has 0 aromatic rings. The second-order valence-corrected chi connectivity index (χ2v) is 10.1. The largest absolute Gasteiger partial charge is 0.297 e. The van der Waals surface area contributed by atoms with E-state index in [9.17, 15) is 0 Å². The molecule has 0 amide bonds. The van der Waals surface area contributed by atoms with E-state index in [1.807, 2.05) is 0 Å². The van der Waals surface area contributed by atoms with Gasteiger partial charge in [0.25, 0.3) is 0 Å². The van der Waals surface area contributed by atoms with E-state index in [1.165, 1.54) is 78.0 Å². The minimum atomic E-state index is 0.958. The van der Waals surface area contributed by atoms with Crippen LogP contribution in [0.15, 0.2) is 0 Å². The third-order valence-corrected chi connectivity index (χ3v) is 8.74. The van der Waals surface area contributed by atoms with Gasteiger partial charge in [-0.1, -0.05) is 83.3 Å². The zero-order chi connectivity index (χ0) is 17.1. The van der Waals surface area contributed by atoms with Crippen molar-refractivity contribution in [1.82, 2.24) is 4.90 Å². The molecule has 0 N–H and O–H groups in total. The van der Waals surface area contributed by atoms with Gasteiger partial charge in [0, 0.05) is 18.6 Å². The Morgan fingerprint density at radius 2 is 1.52 bits per heavy atom. The molecular formula is C23H42BN. The van der Waals surface area contributed by atoms with Crippen LogP contribution in [0.1, 0.15) is 96.3 Å². The van der Waals surface area contributed by atoms with E-state index >= 15 is 0 Å². The van der Waals surface area contributed by atoms with Crippen LogP contribution in [0.3, 0.4) is 0 Å².